The van der Waals surface area contributed by atoms with E-state index in [1.165, 1.54) is 0 Å². The summed E-state index contributed by atoms with van der Waals surface area (Å²) in [6.07, 6.45) is 5.07. The number of hydrogen-bond donors (Lipinski definition) is 4. The normalized spacial score (nSPS) is 20.0. The minimum Gasteiger partial charge on any atom is -0.507 e. The summed E-state index contributed by atoms with van der Waals surface area (Å²) >= 11 is 0. The maximum absolute atomic E-state index is 13.5. The van der Waals surface area contributed by atoms with Crippen LogP contribution in [0.1, 0.15) is 49.5 Å². The first-order chi connectivity index (χ1) is 19.8. The highest BCUT2D eigenvalue weighted by molar-refractivity contribution is 7.92. The average molecular weight is 603 g/mol. The van der Waals surface area contributed by atoms with Crippen molar-refractivity contribution in [1.82, 2.24) is 4.90 Å². The van der Waals surface area contributed by atoms with Gasteiger partial charge in [-0.2, -0.15) is 0 Å². The lowest BCUT2D eigenvalue weighted by Gasteiger charge is -2.24. The number of rotatable bonds is 3. The van der Waals surface area contributed by atoms with Gasteiger partial charge in [-0.15, -0.1) is 0 Å². The van der Waals surface area contributed by atoms with Crippen LogP contribution in [0.2, 0.25) is 0 Å². The van der Waals surface area contributed by atoms with E-state index < -0.39 is 27.3 Å². The van der Waals surface area contributed by atoms with E-state index in [0.717, 1.165) is 17.7 Å². The molecule has 0 radical (unpaired) electrons. The Morgan fingerprint density at radius 2 is 1.93 bits per heavy atom. The Balaban J connectivity index is 1.61. The topological polar surface area (TPSA) is 170 Å². The van der Waals surface area contributed by atoms with Crippen LogP contribution in [0.25, 0.3) is 0 Å². The van der Waals surface area contributed by atoms with Crippen LogP contribution in [-0.4, -0.2) is 75.0 Å². The molecule has 2 aliphatic rings. The molecule has 4 rings (SSSR count). The summed E-state index contributed by atoms with van der Waals surface area (Å²) in [5.41, 5.74) is 5.55. The van der Waals surface area contributed by atoms with E-state index in [9.17, 15) is 23.1 Å². The molecular weight excluding hydrogens is 564 g/mol. The maximum Gasteiger partial charge on any atom is 0.410 e. The van der Waals surface area contributed by atoms with Crippen molar-refractivity contribution in [3.63, 3.8) is 0 Å². The fraction of sp³-hybridized carbons (Fsp3) is 0.448. The molecule has 1 atom stereocenters. The largest absolute Gasteiger partial charge is 0.507 e. The third-order valence-corrected chi connectivity index (χ3v) is 7.97. The molecule has 1 saturated heterocycles. The molecule has 42 heavy (non-hydrogen) atoms. The molecule has 0 aromatic heterocycles. The van der Waals surface area contributed by atoms with Crippen LogP contribution >= 0.6 is 0 Å². The number of sulfonamides is 1. The van der Waals surface area contributed by atoms with Crippen LogP contribution in [0.3, 0.4) is 0 Å². The van der Waals surface area contributed by atoms with Crippen molar-refractivity contribution in [2.24, 2.45) is 5.73 Å². The summed E-state index contributed by atoms with van der Waals surface area (Å²) in [4.78, 5) is 25.7. The van der Waals surface area contributed by atoms with E-state index in [1.54, 1.807) is 23.1 Å². The highest BCUT2D eigenvalue weighted by Gasteiger charge is 2.31. The van der Waals surface area contributed by atoms with E-state index in [4.69, 9.17) is 19.9 Å². The predicted molar refractivity (Wildman–Crippen MR) is 157 cm³/mol. The van der Waals surface area contributed by atoms with Crippen molar-refractivity contribution in [1.29, 1.82) is 0 Å². The Bertz CT molecular complexity index is 1450. The Kier molecular flexibility index (Phi) is 9.52. The number of nitrogens with one attached hydrogen (secondary N) is 2. The van der Waals surface area contributed by atoms with Gasteiger partial charge in [-0.05, 0) is 63.4 Å². The second-order valence-electron chi connectivity index (χ2n) is 11.1. The fourth-order valence-electron chi connectivity index (χ4n) is 4.59. The summed E-state index contributed by atoms with van der Waals surface area (Å²) in [6.45, 7) is 7.34. The molecule has 13 heteroatoms. The number of hydrogen-bond acceptors (Lipinski definition) is 9. The fourth-order valence-corrected chi connectivity index (χ4v) is 5.83. The lowest BCUT2D eigenvalue weighted by atomic mass is 10.1. The van der Waals surface area contributed by atoms with Gasteiger partial charge in [0, 0.05) is 31.3 Å². The average Bonchev–Trinajstić information content (AvgIpc) is 3.36. The number of likely N-dealkylation sites (tertiary alicyclic amines) is 1. The van der Waals surface area contributed by atoms with Crippen LogP contribution in [0.4, 0.5) is 16.2 Å². The summed E-state index contributed by atoms with van der Waals surface area (Å²) in [6, 6.07) is 7.16. The van der Waals surface area contributed by atoms with Gasteiger partial charge in [0.05, 0.1) is 31.0 Å². The third kappa shape index (κ3) is 8.07. The SMILES string of the molecule is CC(C)(C)OC(=O)N1CCC(Oc2ccc3cc2C/C=C/CCOCCNc2cc(O)c(C(N)=O)cc2S(=O)(=O)N3)C1. The van der Waals surface area contributed by atoms with Crippen LogP contribution in [0, 0.1) is 0 Å². The van der Waals surface area contributed by atoms with Gasteiger partial charge in [0.1, 0.15) is 28.1 Å². The molecule has 228 valence electrons. The molecule has 5 N–H and O–H groups in total. The van der Waals surface area contributed by atoms with Gasteiger partial charge < -0.3 is 35.3 Å². The number of ether oxygens (including phenoxy) is 3. The van der Waals surface area contributed by atoms with E-state index >= 15 is 0 Å². The van der Waals surface area contributed by atoms with Crippen molar-refractivity contribution in [3.8, 4) is 11.5 Å². The molecule has 0 spiro atoms. The molecule has 2 aliphatic heterocycles. The quantitative estimate of drug-likeness (QED) is 0.383. The van der Waals surface area contributed by atoms with Gasteiger partial charge in [-0.25, -0.2) is 13.2 Å². The highest BCUT2D eigenvalue weighted by atomic mass is 32.2. The molecule has 12 nitrogen and oxygen atoms in total. The Hall–Kier alpha value is -3.97. The minimum atomic E-state index is -4.23. The molecule has 0 aliphatic carbocycles. The number of allylic oxidation sites excluding steroid dienone is 1. The standard InChI is InChI=1S/C29H38N4O8S/c1-29(2,3)41-28(36)33-12-10-21(18-33)40-25-9-8-20-15-19(25)7-5-4-6-13-39-14-11-31-23-17-24(34)22(27(30)35)16-26(23)42(37,38)32-20/h4-5,8-9,15-17,21,31-32,34H,6-7,10-14,18H2,1-3H3,(H2,30,35)/b5-4+. The van der Waals surface area contributed by atoms with Crippen molar-refractivity contribution < 1.29 is 37.3 Å². The lowest BCUT2D eigenvalue weighted by molar-refractivity contribution is 0.0275. The molecule has 2 aromatic carbocycles. The van der Waals surface area contributed by atoms with Gasteiger partial charge in [0.15, 0.2) is 0 Å². The number of carbonyl (C=O) groups is 2. The maximum atomic E-state index is 13.5. The number of fused-ring (bicyclic) bond motifs is 3. The number of amides is 2. The highest BCUT2D eigenvalue weighted by Crippen LogP contribution is 2.33. The van der Waals surface area contributed by atoms with Crippen LogP contribution < -0.4 is 20.5 Å². The predicted octanol–water partition coefficient (Wildman–Crippen LogP) is 3.61. The number of primary amides is 1. The monoisotopic (exact) mass is 602 g/mol. The number of phenols is 1. The van der Waals surface area contributed by atoms with Crippen LogP contribution in [0.15, 0.2) is 47.4 Å². The summed E-state index contributed by atoms with van der Waals surface area (Å²) in [5.74, 6) is -0.835. The van der Waals surface area contributed by atoms with Gasteiger partial charge in [-0.1, -0.05) is 12.2 Å². The van der Waals surface area contributed by atoms with Gasteiger partial charge in [0.2, 0.25) is 0 Å². The molecule has 1 fully saturated rings. The Labute approximate surface area is 245 Å². The molecule has 2 heterocycles. The number of nitrogens with zero attached hydrogens (tertiary/aromatic N) is 1. The second-order valence-corrected chi connectivity index (χ2v) is 12.8. The smallest absolute Gasteiger partial charge is 0.410 e. The van der Waals surface area contributed by atoms with E-state index in [-0.39, 0.29) is 47.2 Å². The van der Waals surface area contributed by atoms with Crippen molar-refractivity contribution >= 4 is 33.4 Å². The van der Waals surface area contributed by atoms with Crippen LogP contribution in [-0.2, 0) is 25.9 Å². The lowest BCUT2D eigenvalue weighted by Crippen LogP contribution is -2.36. The summed E-state index contributed by atoms with van der Waals surface area (Å²) in [5, 5.41) is 13.2. The first kappa shape index (κ1) is 31.0. The summed E-state index contributed by atoms with van der Waals surface area (Å²) in [7, 11) is -4.23. The molecule has 2 bridgehead atoms. The van der Waals surface area contributed by atoms with Gasteiger partial charge in [-0.3, -0.25) is 9.52 Å². The zero-order valence-corrected chi connectivity index (χ0v) is 24.8. The van der Waals surface area contributed by atoms with E-state index in [0.29, 0.717) is 44.7 Å². The molecular formula is C29H38N4O8S. The zero-order valence-electron chi connectivity index (χ0n) is 24.0. The molecule has 0 saturated carbocycles. The number of benzene rings is 2. The van der Waals surface area contributed by atoms with E-state index in [2.05, 4.69) is 10.0 Å². The number of anilines is 2. The summed E-state index contributed by atoms with van der Waals surface area (Å²) < 4.78 is 47.0. The number of nitrogens with two attached hydrogens (primary N) is 1. The van der Waals surface area contributed by atoms with Crippen molar-refractivity contribution in [2.45, 2.75) is 56.6 Å². The molecule has 2 aromatic rings. The zero-order chi connectivity index (χ0) is 30.5. The Morgan fingerprint density at radius 1 is 1.14 bits per heavy atom. The van der Waals surface area contributed by atoms with Crippen molar-refractivity contribution in [3.05, 3.63) is 53.6 Å². The number of aromatic hydroxyl groups is 1. The first-order valence-electron chi connectivity index (χ1n) is 13.8. The minimum absolute atomic E-state index is 0.0940. The van der Waals surface area contributed by atoms with Gasteiger partial charge in [0.25, 0.3) is 15.9 Å². The molecule has 2 amide bonds. The number of carbonyl (C=O) groups excluding carboxylic acids is 2. The first-order valence-corrected chi connectivity index (χ1v) is 15.2. The third-order valence-electron chi connectivity index (χ3n) is 6.55. The Morgan fingerprint density at radius 3 is 2.67 bits per heavy atom. The van der Waals surface area contributed by atoms with Crippen LogP contribution in [0.5, 0.6) is 11.5 Å². The molecule has 1 unspecified atom stereocenters. The van der Waals surface area contributed by atoms with Gasteiger partial charge >= 0.3 is 6.09 Å². The van der Waals surface area contributed by atoms with E-state index in [1.807, 2.05) is 32.9 Å². The van der Waals surface area contributed by atoms with Crippen molar-refractivity contribution in [2.75, 3.05) is 42.9 Å². The second kappa shape index (κ2) is 12.9.